The molecule has 76 valence electrons. The van der Waals surface area contributed by atoms with Crippen LogP contribution in [0.1, 0.15) is 16.6 Å². The molecule has 1 amide bonds. The van der Waals surface area contributed by atoms with Gasteiger partial charge in [-0.2, -0.15) is 0 Å². The molecule has 1 N–H and O–H groups in total. The Balaban J connectivity index is 2.04. The van der Waals surface area contributed by atoms with Gasteiger partial charge in [-0.25, -0.2) is 0 Å². The molecule has 1 atom stereocenters. The number of carbonyl (C=O) groups excluding carboxylic acids is 1. The highest BCUT2D eigenvalue weighted by Gasteiger charge is 2.21. The van der Waals surface area contributed by atoms with Crippen LogP contribution in [0.5, 0.6) is 0 Å². The zero-order valence-corrected chi connectivity index (χ0v) is 9.01. The molecule has 1 aliphatic heterocycles. The average Bonchev–Trinajstić information content (AvgIpc) is 2.69. The van der Waals surface area contributed by atoms with Gasteiger partial charge in [-0.05, 0) is 18.4 Å². The zero-order chi connectivity index (χ0) is 9.97. The van der Waals surface area contributed by atoms with E-state index in [-0.39, 0.29) is 5.91 Å². The Bertz CT molecular complexity index is 310. The highest BCUT2D eigenvalue weighted by atomic mass is 32.1. The van der Waals surface area contributed by atoms with Crippen molar-refractivity contribution in [2.75, 3.05) is 19.6 Å². The maximum absolute atomic E-state index is 11.9. The van der Waals surface area contributed by atoms with Gasteiger partial charge in [0.15, 0.2) is 0 Å². The molecule has 1 aliphatic rings. The lowest BCUT2D eigenvalue weighted by atomic mass is 10.2. The van der Waals surface area contributed by atoms with E-state index in [1.807, 2.05) is 22.4 Å². The number of amides is 1. The number of hydrogen-bond acceptors (Lipinski definition) is 3. The Hall–Kier alpha value is -0.870. The molecule has 2 rings (SSSR count). The van der Waals surface area contributed by atoms with Crippen LogP contribution in [0.2, 0.25) is 0 Å². The summed E-state index contributed by atoms with van der Waals surface area (Å²) in [5.74, 6) is 0.174. The van der Waals surface area contributed by atoms with Crippen LogP contribution >= 0.6 is 11.3 Å². The summed E-state index contributed by atoms with van der Waals surface area (Å²) in [5, 5.41) is 5.26. The van der Waals surface area contributed by atoms with Crippen molar-refractivity contribution in [1.29, 1.82) is 0 Å². The van der Waals surface area contributed by atoms with Gasteiger partial charge in [-0.1, -0.05) is 6.07 Å². The largest absolute Gasteiger partial charge is 0.335 e. The molecule has 3 nitrogen and oxygen atoms in total. The van der Waals surface area contributed by atoms with Crippen LogP contribution in [0.4, 0.5) is 0 Å². The van der Waals surface area contributed by atoms with E-state index in [4.69, 9.17) is 0 Å². The molecule has 4 heteroatoms. The van der Waals surface area contributed by atoms with Crippen molar-refractivity contribution in [2.45, 2.75) is 13.0 Å². The number of piperazine rings is 1. The highest BCUT2D eigenvalue weighted by molar-refractivity contribution is 7.12. The van der Waals surface area contributed by atoms with E-state index in [1.54, 1.807) is 0 Å². The van der Waals surface area contributed by atoms with Crippen LogP contribution < -0.4 is 5.32 Å². The summed E-state index contributed by atoms with van der Waals surface area (Å²) in [7, 11) is 0. The standard InChI is InChI=1S/C10H14N2OS/c1-8-7-12(5-4-11-8)10(13)9-3-2-6-14-9/h2-3,6,8,11H,4-5,7H2,1H3/t8-/m0/s1. The third kappa shape index (κ3) is 1.96. The molecule has 0 radical (unpaired) electrons. The first kappa shape index (κ1) is 9.68. The SMILES string of the molecule is C[C@H]1CN(C(=O)c2cccs2)CCN1. The normalized spacial score (nSPS) is 22.4. The molecule has 0 aromatic carbocycles. The molecular weight excluding hydrogens is 196 g/mol. The fourth-order valence-electron chi connectivity index (χ4n) is 1.67. The summed E-state index contributed by atoms with van der Waals surface area (Å²) in [5.41, 5.74) is 0. The molecule has 2 heterocycles. The van der Waals surface area contributed by atoms with E-state index >= 15 is 0 Å². The third-order valence-corrected chi connectivity index (χ3v) is 3.25. The molecular formula is C10H14N2OS. The summed E-state index contributed by atoms with van der Waals surface area (Å²) in [4.78, 5) is 14.7. The Labute approximate surface area is 87.7 Å². The van der Waals surface area contributed by atoms with Crippen LogP contribution in [-0.2, 0) is 0 Å². The molecule has 0 bridgehead atoms. The monoisotopic (exact) mass is 210 g/mol. The summed E-state index contributed by atoms with van der Waals surface area (Å²) >= 11 is 1.51. The predicted molar refractivity (Wildman–Crippen MR) is 57.7 cm³/mol. The van der Waals surface area contributed by atoms with Gasteiger partial charge < -0.3 is 10.2 Å². The molecule has 0 saturated carbocycles. The fraction of sp³-hybridized carbons (Fsp3) is 0.500. The van der Waals surface area contributed by atoms with E-state index in [2.05, 4.69) is 12.2 Å². The maximum Gasteiger partial charge on any atom is 0.264 e. The van der Waals surface area contributed by atoms with Crippen molar-refractivity contribution >= 4 is 17.2 Å². The van der Waals surface area contributed by atoms with Crippen molar-refractivity contribution in [3.8, 4) is 0 Å². The van der Waals surface area contributed by atoms with E-state index in [9.17, 15) is 4.79 Å². The van der Waals surface area contributed by atoms with Crippen LogP contribution in [-0.4, -0.2) is 36.5 Å². The lowest BCUT2D eigenvalue weighted by molar-refractivity contribution is 0.0714. The van der Waals surface area contributed by atoms with Crippen molar-refractivity contribution in [3.63, 3.8) is 0 Å². The Kier molecular flexibility index (Phi) is 2.84. The molecule has 0 aliphatic carbocycles. The first-order chi connectivity index (χ1) is 6.77. The molecule has 1 aromatic rings. The van der Waals surface area contributed by atoms with Gasteiger partial charge in [0.05, 0.1) is 4.88 Å². The summed E-state index contributed by atoms with van der Waals surface area (Å²) in [6.45, 7) is 4.64. The minimum absolute atomic E-state index is 0.174. The van der Waals surface area contributed by atoms with Gasteiger partial charge in [0.2, 0.25) is 0 Å². The fourth-order valence-corrected chi connectivity index (χ4v) is 2.36. The number of rotatable bonds is 1. The number of nitrogens with one attached hydrogen (secondary N) is 1. The molecule has 1 aromatic heterocycles. The van der Waals surface area contributed by atoms with E-state index in [0.29, 0.717) is 6.04 Å². The van der Waals surface area contributed by atoms with Crippen molar-refractivity contribution < 1.29 is 4.79 Å². The van der Waals surface area contributed by atoms with Gasteiger partial charge in [0.25, 0.3) is 5.91 Å². The van der Waals surface area contributed by atoms with E-state index < -0.39 is 0 Å². The number of nitrogens with zero attached hydrogens (tertiary/aromatic N) is 1. The summed E-state index contributed by atoms with van der Waals surface area (Å²) in [6.07, 6.45) is 0. The smallest absolute Gasteiger partial charge is 0.264 e. The van der Waals surface area contributed by atoms with Crippen LogP contribution in [0.25, 0.3) is 0 Å². The maximum atomic E-state index is 11.9. The number of thiophene rings is 1. The summed E-state index contributed by atoms with van der Waals surface area (Å²) < 4.78 is 0. The zero-order valence-electron chi connectivity index (χ0n) is 8.19. The Morgan fingerprint density at radius 1 is 1.71 bits per heavy atom. The quantitative estimate of drug-likeness (QED) is 0.755. The van der Waals surface area contributed by atoms with E-state index in [0.717, 1.165) is 24.5 Å². The van der Waals surface area contributed by atoms with Gasteiger partial charge in [-0.15, -0.1) is 11.3 Å². The Morgan fingerprint density at radius 2 is 2.57 bits per heavy atom. The van der Waals surface area contributed by atoms with E-state index in [1.165, 1.54) is 11.3 Å². The van der Waals surface area contributed by atoms with Gasteiger partial charge in [-0.3, -0.25) is 4.79 Å². The lowest BCUT2D eigenvalue weighted by Crippen LogP contribution is -2.51. The van der Waals surface area contributed by atoms with Crippen LogP contribution in [0.3, 0.4) is 0 Å². The minimum atomic E-state index is 0.174. The first-order valence-electron chi connectivity index (χ1n) is 4.83. The molecule has 1 saturated heterocycles. The number of carbonyl (C=O) groups is 1. The first-order valence-corrected chi connectivity index (χ1v) is 5.71. The number of hydrogen-bond donors (Lipinski definition) is 1. The highest BCUT2D eigenvalue weighted by Crippen LogP contribution is 2.13. The molecule has 0 unspecified atom stereocenters. The second-order valence-corrected chi connectivity index (χ2v) is 4.53. The topological polar surface area (TPSA) is 32.3 Å². The van der Waals surface area contributed by atoms with Crippen molar-refractivity contribution in [2.24, 2.45) is 0 Å². The second kappa shape index (κ2) is 4.11. The molecule has 14 heavy (non-hydrogen) atoms. The van der Waals surface area contributed by atoms with Gasteiger partial charge >= 0.3 is 0 Å². The molecule has 1 fully saturated rings. The van der Waals surface area contributed by atoms with Crippen molar-refractivity contribution in [1.82, 2.24) is 10.2 Å². The predicted octanol–water partition coefficient (Wildman–Crippen LogP) is 1.18. The Morgan fingerprint density at radius 3 is 3.21 bits per heavy atom. The van der Waals surface area contributed by atoms with Gasteiger partial charge in [0, 0.05) is 25.7 Å². The summed E-state index contributed by atoms with van der Waals surface area (Å²) in [6, 6.07) is 4.22. The average molecular weight is 210 g/mol. The third-order valence-electron chi connectivity index (χ3n) is 2.39. The van der Waals surface area contributed by atoms with Crippen molar-refractivity contribution in [3.05, 3.63) is 22.4 Å². The second-order valence-electron chi connectivity index (χ2n) is 3.58. The van der Waals surface area contributed by atoms with Gasteiger partial charge in [0.1, 0.15) is 0 Å². The lowest BCUT2D eigenvalue weighted by Gasteiger charge is -2.31. The molecule has 0 spiro atoms. The minimum Gasteiger partial charge on any atom is -0.335 e. The van der Waals surface area contributed by atoms with Crippen LogP contribution in [0, 0.1) is 0 Å². The van der Waals surface area contributed by atoms with Crippen LogP contribution in [0.15, 0.2) is 17.5 Å².